The predicted molar refractivity (Wildman–Crippen MR) is 63.5 cm³/mol. The summed E-state index contributed by atoms with van der Waals surface area (Å²) in [6.07, 6.45) is 1.00. The van der Waals surface area contributed by atoms with Crippen LogP contribution in [0.3, 0.4) is 0 Å². The number of carbonyl (C=O) groups excluding carboxylic acids is 1. The predicted octanol–water partition coefficient (Wildman–Crippen LogP) is 2.68. The number of amides is 1. The monoisotopic (exact) mass is 219 g/mol. The standard InChI is InChI=1S/C13H17NO2/c1-3-16-12-7-5-4-6-11(12)14-13(15)10-8-9(10)2/h4-7,9-10H,3,8H2,1-2H3,(H,14,15). The molecule has 16 heavy (non-hydrogen) atoms. The van der Waals surface area contributed by atoms with Crippen LogP contribution in [0.1, 0.15) is 20.3 Å². The van der Waals surface area contributed by atoms with E-state index in [1.54, 1.807) is 0 Å². The van der Waals surface area contributed by atoms with Gasteiger partial charge in [0.25, 0.3) is 0 Å². The number of hydrogen-bond acceptors (Lipinski definition) is 2. The van der Waals surface area contributed by atoms with Crippen LogP contribution < -0.4 is 10.1 Å². The Bertz CT molecular complexity index is 389. The van der Waals surface area contributed by atoms with Crippen molar-refractivity contribution in [3.05, 3.63) is 24.3 Å². The summed E-state index contributed by atoms with van der Waals surface area (Å²) < 4.78 is 5.45. The van der Waals surface area contributed by atoms with E-state index in [0.717, 1.165) is 17.9 Å². The van der Waals surface area contributed by atoms with Crippen molar-refractivity contribution < 1.29 is 9.53 Å². The van der Waals surface area contributed by atoms with Gasteiger partial charge in [0.15, 0.2) is 0 Å². The Morgan fingerprint density at radius 2 is 2.19 bits per heavy atom. The Labute approximate surface area is 95.8 Å². The molecule has 3 nitrogen and oxygen atoms in total. The zero-order valence-corrected chi connectivity index (χ0v) is 9.69. The van der Waals surface area contributed by atoms with Crippen molar-refractivity contribution in [3.8, 4) is 5.75 Å². The number of rotatable bonds is 4. The van der Waals surface area contributed by atoms with Crippen molar-refractivity contribution in [2.24, 2.45) is 11.8 Å². The first-order chi connectivity index (χ1) is 7.72. The molecular formula is C13H17NO2. The van der Waals surface area contributed by atoms with E-state index in [1.165, 1.54) is 0 Å². The van der Waals surface area contributed by atoms with E-state index in [2.05, 4.69) is 12.2 Å². The molecule has 2 unspecified atom stereocenters. The highest BCUT2D eigenvalue weighted by atomic mass is 16.5. The molecule has 3 heteroatoms. The lowest BCUT2D eigenvalue weighted by Gasteiger charge is -2.10. The number of benzene rings is 1. The minimum Gasteiger partial charge on any atom is -0.492 e. The van der Waals surface area contributed by atoms with Gasteiger partial charge in [0.1, 0.15) is 5.75 Å². The third-order valence-electron chi connectivity index (χ3n) is 2.89. The summed E-state index contributed by atoms with van der Waals surface area (Å²) >= 11 is 0. The Morgan fingerprint density at radius 3 is 2.81 bits per heavy atom. The molecule has 0 radical (unpaired) electrons. The van der Waals surface area contributed by atoms with Gasteiger partial charge < -0.3 is 10.1 Å². The van der Waals surface area contributed by atoms with Gasteiger partial charge in [-0.3, -0.25) is 4.79 Å². The fourth-order valence-corrected chi connectivity index (χ4v) is 1.76. The Kier molecular flexibility index (Phi) is 3.13. The van der Waals surface area contributed by atoms with Crippen molar-refractivity contribution in [3.63, 3.8) is 0 Å². The van der Waals surface area contributed by atoms with E-state index in [-0.39, 0.29) is 11.8 Å². The zero-order chi connectivity index (χ0) is 11.5. The number of carbonyl (C=O) groups is 1. The van der Waals surface area contributed by atoms with Crippen molar-refractivity contribution >= 4 is 11.6 Å². The quantitative estimate of drug-likeness (QED) is 0.845. The van der Waals surface area contributed by atoms with Gasteiger partial charge in [0, 0.05) is 5.92 Å². The van der Waals surface area contributed by atoms with Crippen LogP contribution >= 0.6 is 0 Å². The number of anilines is 1. The van der Waals surface area contributed by atoms with Gasteiger partial charge in [0.05, 0.1) is 12.3 Å². The lowest BCUT2D eigenvalue weighted by Crippen LogP contribution is -2.15. The second-order valence-corrected chi connectivity index (χ2v) is 4.24. The fraction of sp³-hybridized carbons (Fsp3) is 0.462. The van der Waals surface area contributed by atoms with Crippen LogP contribution in [0.25, 0.3) is 0 Å². The Morgan fingerprint density at radius 1 is 1.50 bits per heavy atom. The molecule has 1 aromatic rings. The molecule has 1 aliphatic rings. The summed E-state index contributed by atoms with van der Waals surface area (Å²) in [6.45, 7) is 4.63. The zero-order valence-electron chi connectivity index (χ0n) is 9.69. The highest BCUT2D eigenvalue weighted by Crippen LogP contribution is 2.39. The first-order valence-corrected chi connectivity index (χ1v) is 5.75. The Hall–Kier alpha value is -1.51. The molecule has 86 valence electrons. The molecule has 2 rings (SSSR count). The average Bonchev–Trinajstić information content (AvgIpc) is 2.99. The number of nitrogens with one attached hydrogen (secondary N) is 1. The maximum atomic E-state index is 11.8. The van der Waals surface area contributed by atoms with E-state index in [0.29, 0.717) is 12.5 Å². The minimum absolute atomic E-state index is 0.111. The van der Waals surface area contributed by atoms with Gasteiger partial charge in [0.2, 0.25) is 5.91 Å². The molecule has 2 atom stereocenters. The van der Waals surface area contributed by atoms with E-state index in [1.807, 2.05) is 31.2 Å². The van der Waals surface area contributed by atoms with Gasteiger partial charge in [-0.25, -0.2) is 0 Å². The molecule has 1 aliphatic carbocycles. The smallest absolute Gasteiger partial charge is 0.227 e. The van der Waals surface area contributed by atoms with Gasteiger partial charge in [-0.15, -0.1) is 0 Å². The molecule has 1 amide bonds. The maximum absolute atomic E-state index is 11.8. The van der Waals surface area contributed by atoms with Crippen molar-refractivity contribution in [1.29, 1.82) is 0 Å². The van der Waals surface area contributed by atoms with E-state index >= 15 is 0 Å². The van der Waals surface area contributed by atoms with Crippen LogP contribution in [0.15, 0.2) is 24.3 Å². The lowest BCUT2D eigenvalue weighted by molar-refractivity contribution is -0.117. The molecule has 0 saturated heterocycles. The van der Waals surface area contributed by atoms with E-state index < -0.39 is 0 Å². The summed E-state index contributed by atoms with van der Waals surface area (Å²) in [5.41, 5.74) is 0.772. The third-order valence-corrected chi connectivity index (χ3v) is 2.89. The second-order valence-electron chi connectivity index (χ2n) is 4.24. The molecule has 0 heterocycles. The summed E-state index contributed by atoms with van der Waals surface area (Å²) in [6, 6.07) is 7.54. The fourth-order valence-electron chi connectivity index (χ4n) is 1.76. The summed E-state index contributed by atoms with van der Waals surface area (Å²) in [5.74, 6) is 1.57. The van der Waals surface area contributed by atoms with Crippen LogP contribution in [0.4, 0.5) is 5.69 Å². The normalized spacial score (nSPS) is 22.6. The van der Waals surface area contributed by atoms with Gasteiger partial charge in [-0.05, 0) is 31.4 Å². The Balaban J connectivity index is 2.05. The number of para-hydroxylation sites is 2. The highest BCUT2D eigenvalue weighted by molar-refractivity contribution is 5.95. The number of ether oxygens (including phenoxy) is 1. The molecule has 1 fully saturated rings. The van der Waals surface area contributed by atoms with E-state index in [9.17, 15) is 4.79 Å². The summed E-state index contributed by atoms with van der Waals surface area (Å²) in [7, 11) is 0. The summed E-state index contributed by atoms with van der Waals surface area (Å²) in [4.78, 5) is 11.8. The molecule has 0 aromatic heterocycles. The molecule has 0 aliphatic heterocycles. The average molecular weight is 219 g/mol. The van der Waals surface area contributed by atoms with Crippen LogP contribution in [0.2, 0.25) is 0 Å². The van der Waals surface area contributed by atoms with Gasteiger partial charge >= 0.3 is 0 Å². The van der Waals surface area contributed by atoms with Crippen LogP contribution in [0, 0.1) is 11.8 Å². The first kappa shape index (κ1) is 11.0. The molecule has 1 aromatic carbocycles. The SMILES string of the molecule is CCOc1ccccc1NC(=O)C1CC1C. The molecule has 1 saturated carbocycles. The molecule has 0 spiro atoms. The third kappa shape index (κ3) is 2.35. The van der Waals surface area contributed by atoms with Gasteiger partial charge in [-0.2, -0.15) is 0 Å². The molecule has 0 bridgehead atoms. The van der Waals surface area contributed by atoms with Crippen LogP contribution in [-0.2, 0) is 4.79 Å². The van der Waals surface area contributed by atoms with Crippen molar-refractivity contribution in [1.82, 2.24) is 0 Å². The first-order valence-electron chi connectivity index (χ1n) is 5.75. The van der Waals surface area contributed by atoms with E-state index in [4.69, 9.17) is 4.74 Å². The number of hydrogen-bond donors (Lipinski definition) is 1. The van der Waals surface area contributed by atoms with Gasteiger partial charge in [-0.1, -0.05) is 19.1 Å². The largest absolute Gasteiger partial charge is 0.492 e. The topological polar surface area (TPSA) is 38.3 Å². The van der Waals surface area contributed by atoms with Crippen molar-refractivity contribution in [2.75, 3.05) is 11.9 Å². The summed E-state index contributed by atoms with van der Waals surface area (Å²) in [5, 5.41) is 2.92. The lowest BCUT2D eigenvalue weighted by atomic mass is 10.2. The maximum Gasteiger partial charge on any atom is 0.227 e. The van der Waals surface area contributed by atoms with Crippen LogP contribution in [-0.4, -0.2) is 12.5 Å². The molecular weight excluding hydrogens is 202 g/mol. The second kappa shape index (κ2) is 4.56. The minimum atomic E-state index is 0.111. The van der Waals surface area contributed by atoms with Crippen molar-refractivity contribution in [2.45, 2.75) is 20.3 Å². The van der Waals surface area contributed by atoms with Crippen LogP contribution in [0.5, 0.6) is 5.75 Å². The molecule has 1 N–H and O–H groups in total. The highest BCUT2D eigenvalue weighted by Gasteiger charge is 2.39.